The van der Waals surface area contributed by atoms with Crippen LogP contribution in [0, 0.1) is 0 Å². The Morgan fingerprint density at radius 2 is 1.69 bits per heavy atom. The van der Waals surface area contributed by atoms with E-state index in [-0.39, 0.29) is 12.0 Å². The summed E-state index contributed by atoms with van der Waals surface area (Å²) >= 11 is 0. The molecule has 3 rings (SSSR count). The maximum absolute atomic E-state index is 6.33. The van der Waals surface area contributed by atoms with Crippen molar-refractivity contribution in [1.29, 1.82) is 0 Å². The highest BCUT2D eigenvalue weighted by molar-refractivity contribution is 5.44. The number of nitrogens with one attached hydrogen (secondary N) is 1. The lowest BCUT2D eigenvalue weighted by Gasteiger charge is -2.19. The third kappa shape index (κ3) is 4.86. The first-order valence-electron chi connectivity index (χ1n) is 9.44. The molecular weight excluding hydrogens is 368 g/mol. The number of nitrogens with zero attached hydrogens (tertiary/aromatic N) is 2. The number of aromatic nitrogens is 3. The molecule has 0 saturated carbocycles. The Hall–Kier alpha value is -3.06. The number of benzene rings is 2. The van der Waals surface area contributed by atoms with E-state index in [1.54, 1.807) is 14.2 Å². The highest BCUT2D eigenvalue weighted by Crippen LogP contribution is 2.30. The van der Waals surface area contributed by atoms with Crippen molar-refractivity contribution in [2.24, 2.45) is 5.73 Å². The van der Waals surface area contributed by atoms with E-state index in [9.17, 15) is 0 Å². The van der Waals surface area contributed by atoms with Crippen LogP contribution < -0.4 is 19.9 Å². The van der Waals surface area contributed by atoms with Crippen LogP contribution in [0.1, 0.15) is 49.6 Å². The predicted molar refractivity (Wildman–Crippen MR) is 111 cm³/mol. The van der Waals surface area contributed by atoms with Crippen molar-refractivity contribution in [3.63, 3.8) is 0 Å². The summed E-state index contributed by atoms with van der Waals surface area (Å²) in [6.45, 7) is 6.82. The molecule has 0 spiro atoms. The predicted octanol–water partition coefficient (Wildman–Crippen LogP) is 3.75. The maximum atomic E-state index is 6.33. The molecule has 0 bridgehead atoms. The molecule has 7 nitrogen and oxygen atoms in total. The van der Waals surface area contributed by atoms with Gasteiger partial charge in [0.2, 0.25) is 0 Å². The van der Waals surface area contributed by atoms with Gasteiger partial charge in [0.1, 0.15) is 12.4 Å². The number of ether oxygens (including phenoxy) is 3. The van der Waals surface area contributed by atoms with Crippen molar-refractivity contribution >= 4 is 0 Å². The molecule has 0 unspecified atom stereocenters. The van der Waals surface area contributed by atoms with Gasteiger partial charge in [0, 0.05) is 0 Å². The molecule has 0 aliphatic carbocycles. The van der Waals surface area contributed by atoms with E-state index in [2.05, 4.69) is 48.1 Å². The van der Waals surface area contributed by atoms with E-state index in [0.29, 0.717) is 23.1 Å². The molecule has 0 aliphatic rings. The lowest BCUT2D eigenvalue weighted by molar-refractivity contribution is 0.296. The van der Waals surface area contributed by atoms with Gasteiger partial charge in [-0.1, -0.05) is 39.0 Å². The molecule has 0 aliphatic heterocycles. The Labute approximate surface area is 171 Å². The van der Waals surface area contributed by atoms with Crippen LogP contribution in [-0.2, 0) is 12.0 Å². The summed E-state index contributed by atoms with van der Waals surface area (Å²) in [6, 6.07) is 13.1. The standard InChI is InChI=1S/C22H28N4O3/c1-22(2,3)15-7-9-16(10-8-15)29-13-19-24-21(26-25-19)20(23)14-6-11-17(27-4)18(12-14)28-5/h6-12,20H,13,23H2,1-5H3,(H,24,25,26)/t20-/m0/s1. The van der Waals surface area contributed by atoms with Crippen molar-refractivity contribution in [2.75, 3.05) is 14.2 Å². The third-order valence-electron chi connectivity index (χ3n) is 4.69. The first kappa shape index (κ1) is 20.7. The molecule has 1 atom stereocenters. The number of H-pyrrole nitrogens is 1. The zero-order valence-corrected chi connectivity index (χ0v) is 17.5. The fraction of sp³-hybridized carbons (Fsp3) is 0.364. The molecule has 154 valence electrons. The fourth-order valence-electron chi connectivity index (χ4n) is 2.91. The van der Waals surface area contributed by atoms with Crippen LogP contribution in [0.15, 0.2) is 42.5 Å². The molecule has 1 aromatic heterocycles. The monoisotopic (exact) mass is 396 g/mol. The van der Waals surface area contributed by atoms with E-state index >= 15 is 0 Å². The van der Waals surface area contributed by atoms with Gasteiger partial charge in [-0.2, -0.15) is 5.10 Å². The molecule has 0 fully saturated rings. The topological polar surface area (TPSA) is 95.3 Å². The first-order valence-corrected chi connectivity index (χ1v) is 9.44. The lowest BCUT2D eigenvalue weighted by Crippen LogP contribution is -2.14. The summed E-state index contributed by atoms with van der Waals surface area (Å²) in [5.41, 5.74) is 8.52. The maximum Gasteiger partial charge on any atom is 0.172 e. The SMILES string of the molecule is COc1ccc([C@H](N)c2n[nH]c(COc3ccc(C(C)(C)C)cc3)n2)cc1OC. The summed E-state index contributed by atoms with van der Waals surface area (Å²) in [6.07, 6.45) is 0. The Morgan fingerprint density at radius 1 is 1.00 bits per heavy atom. The summed E-state index contributed by atoms with van der Waals surface area (Å²) in [7, 11) is 3.18. The van der Waals surface area contributed by atoms with Crippen molar-refractivity contribution in [3.05, 3.63) is 65.2 Å². The van der Waals surface area contributed by atoms with Crippen LogP contribution >= 0.6 is 0 Å². The number of rotatable bonds is 7. The van der Waals surface area contributed by atoms with Gasteiger partial charge in [0.05, 0.1) is 20.3 Å². The first-order chi connectivity index (χ1) is 13.8. The second-order valence-corrected chi connectivity index (χ2v) is 7.80. The summed E-state index contributed by atoms with van der Waals surface area (Å²) in [4.78, 5) is 4.47. The third-order valence-corrected chi connectivity index (χ3v) is 4.69. The number of methoxy groups -OCH3 is 2. The van der Waals surface area contributed by atoms with Gasteiger partial charge >= 0.3 is 0 Å². The van der Waals surface area contributed by atoms with Crippen molar-refractivity contribution in [1.82, 2.24) is 15.2 Å². The molecule has 0 radical (unpaired) electrons. The summed E-state index contributed by atoms with van der Waals surface area (Å²) in [5.74, 6) is 3.12. The van der Waals surface area contributed by atoms with Crippen molar-refractivity contribution < 1.29 is 14.2 Å². The zero-order chi connectivity index (χ0) is 21.0. The molecule has 7 heteroatoms. The van der Waals surface area contributed by atoms with Gasteiger partial charge in [-0.15, -0.1) is 0 Å². The van der Waals surface area contributed by atoms with Gasteiger partial charge in [-0.3, -0.25) is 5.10 Å². The van der Waals surface area contributed by atoms with Crippen LogP contribution in [-0.4, -0.2) is 29.4 Å². The van der Waals surface area contributed by atoms with E-state index in [4.69, 9.17) is 19.9 Å². The Morgan fingerprint density at radius 3 is 2.31 bits per heavy atom. The molecule has 3 N–H and O–H groups in total. The molecule has 2 aromatic carbocycles. The van der Waals surface area contributed by atoms with Gasteiger partial charge in [0.25, 0.3) is 0 Å². The lowest BCUT2D eigenvalue weighted by atomic mass is 9.87. The van der Waals surface area contributed by atoms with E-state index < -0.39 is 6.04 Å². The fourth-order valence-corrected chi connectivity index (χ4v) is 2.91. The van der Waals surface area contributed by atoms with Gasteiger partial charge in [-0.05, 0) is 40.8 Å². The number of hydrogen-bond donors (Lipinski definition) is 2. The van der Waals surface area contributed by atoms with Crippen LogP contribution in [0.25, 0.3) is 0 Å². The summed E-state index contributed by atoms with van der Waals surface area (Å²) < 4.78 is 16.4. The number of aromatic amines is 1. The minimum Gasteiger partial charge on any atom is -0.493 e. The highest BCUT2D eigenvalue weighted by Gasteiger charge is 2.17. The normalized spacial score (nSPS) is 12.5. The van der Waals surface area contributed by atoms with Crippen molar-refractivity contribution in [2.45, 2.75) is 38.8 Å². The molecule has 1 heterocycles. The van der Waals surface area contributed by atoms with Crippen molar-refractivity contribution in [3.8, 4) is 17.2 Å². The van der Waals surface area contributed by atoms with Gasteiger partial charge in [-0.25, -0.2) is 4.98 Å². The second-order valence-electron chi connectivity index (χ2n) is 7.80. The van der Waals surface area contributed by atoms with Crippen LogP contribution in [0.3, 0.4) is 0 Å². The molecule has 3 aromatic rings. The van der Waals surface area contributed by atoms with E-state index in [1.165, 1.54) is 5.56 Å². The van der Waals surface area contributed by atoms with Crippen LogP contribution in [0.2, 0.25) is 0 Å². The van der Waals surface area contributed by atoms with E-state index in [0.717, 1.165) is 11.3 Å². The molecular formula is C22H28N4O3. The quantitative estimate of drug-likeness (QED) is 0.632. The summed E-state index contributed by atoms with van der Waals surface area (Å²) in [5, 5.41) is 7.13. The molecule has 0 saturated heterocycles. The Bertz CT molecular complexity index is 945. The number of nitrogens with two attached hydrogens (primary N) is 1. The largest absolute Gasteiger partial charge is 0.493 e. The number of hydrogen-bond acceptors (Lipinski definition) is 6. The average molecular weight is 396 g/mol. The minimum absolute atomic E-state index is 0.110. The highest BCUT2D eigenvalue weighted by atomic mass is 16.5. The zero-order valence-electron chi connectivity index (χ0n) is 17.5. The van der Waals surface area contributed by atoms with Gasteiger partial charge < -0.3 is 19.9 Å². The Kier molecular flexibility index (Phi) is 6.08. The molecule has 29 heavy (non-hydrogen) atoms. The smallest absolute Gasteiger partial charge is 0.172 e. The van der Waals surface area contributed by atoms with E-state index in [1.807, 2.05) is 30.3 Å². The van der Waals surface area contributed by atoms with Crippen LogP contribution in [0.5, 0.6) is 17.2 Å². The molecule has 0 amide bonds. The minimum atomic E-state index is -0.495. The van der Waals surface area contributed by atoms with Gasteiger partial charge in [0.15, 0.2) is 23.1 Å². The second kappa shape index (κ2) is 8.53. The Balaban J connectivity index is 1.66. The van der Waals surface area contributed by atoms with Crippen LogP contribution in [0.4, 0.5) is 0 Å². The average Bonchev–Trinajstić information content (AvgIpc) is 3.20.